The molecule has 1 heterocycles. The van der Waals surface area contributed by atoms with Crippen molar-refractivity contribution in [2.24, 2.45) is 0 Å². The van der Waals surface area contributed by atoms with Gasteiger partial charge in [-0.1, -0.05) is 91.0 Å². The van der Waals surface area contributed by atoms with Gasteiger partial charge in [0.25, 0.3) is 0 Å². The fourth-order valence-corrected chi connectivity index (χ4v) is 4.28. The molecule has 0 saturated carbocycles. The van der Waals surface area contributed by atoms with Gasteiger partial charge in [-0.15, -0.1) is 0 Å². The van der Waals surface area contributed by atoms with Crippen molar-refractivity contribution in [3.05, 3.63) is 108 Å². The molecule has 1 aliphatic rings. The molecule has 1 aliphatic heterocycles. The first kappa shape index (κ1) is 24.5. The molecule has 0 radical (unpaired) electrons. The summed E-state index contributed by atoms with van der Waals surface area (Å²) in [5.41, 5.74) is 3.18. The van der Waals surface area contributed by atoms with Crippen LogP contribution in [0.5, 0.6) is 0 Å². The average molecular weight is 464 g/mol. The highest BCUT2D eigenvalue weighted by Gasteiger charge is 2.47. The van der Waals surface area contributed by atoms with Gasteiger partial charge in [0.15, 0.2) is 0 Å². The summed E-state index contributed by atoms with van der Waals surface area (Å²) in [5.74, 6) is 0. The molecule has 34 heavy (non-hydrogen) atoms. The summed E-state index contributed by atoms with van der Waals surface area (Å²) < 4.78 is 18.7. The van der Waals surface area contributed by atoms with Crippen LogP contribution in [0.2, 0.25) is 0 Å². The van der Waals surface area contributed by atoms with E-state index in [0.29, 0.717) is 26.4 Å². The second-order valence-corrected chi connectivity index (χ2v) is 8.57. The highest BCUT2D eigenvalue weighted by atomic mass is 16.5. The summed E-state index contributed by atoms with van der Waals surface area (Å²) in [7, 11) is 0. The Morgan fingerprint density at radius 3 is 1.65 bits per heavy atom. The lowest BCUT2D eigenvalue weighted by Crippen LogP contribution is -2.46. The summed E-state index contributed by atoms with van der Waals surface area (Å²) in [6.45, 7) is 1.29. The van der Waals surface area contributed by atoms with Crippen molar-refractivity contribution in [1.29, 1.82) is 0 Å². The monoisotopic (exact) mass is 463 g/mol. The van der Waals surface area contributed by atoms with Gasteiger partial charge in [0.2, 0.25) is 0 Å². The van der Waals surface area contributed by atoms with Crippen molar-refractivity contribution in [1.82, 2.24) is 5.32 Å². The van der Waals surface area contributed by atoms with Crippen molar-refractivity contribution in [3.8, 4) is 0 Å². The number of aliphatic hydroxyl groups is 2. The van der Waals surface area contributed by atoms with Crippen molar-refractivity contribution < 1.29 is 24.4 Å². The van der Waals surface area contributed by atoms with E-state index in [1.165, 1.54) is 0 Å². The molecule has 6 nitrogen and oxygen atoms in total. The second kappa shape index (κ2) is 12.8. The minimum Gasteiger partial charge on any atom is -0.394 e. The van der Waals surface area contributed by atoms with Crippen molar-refractivity contribution in [3.63, 3.8) is 0 Å². The Labute approximate surface area is 201 Å². The Morgan fingerprint density at radius 2 is 1.15 bits per heavy atom. The molecule has 5 atom stereocenters. The van der Waals surface area contributed by atoms with E-state index in [2.05, 4.69) is 5.32 Å². The largest absolute Gasteiger partial charge is 0.394 e. The van der Waals surface area contributed by atoms with Gasteiger partial charge in [0.05, 0.1) is 51.2 Å². The van der Waals surface area contributed by atoms with Crippen LogP contribution in [-0.2, 0) is 34.0 Å². The first-order valence-corrected chi connectivity index (χ1v) is 11.7. The molecule has 3 N–H and O–H groups in total. The van der Waals surface area contributed by atoms with Crippen LogP contribution in [0.15, 0.2) is 91.0 Å². The number of rotatable bonds is 12. The minimum atomic E-state index is -0.984. The van der Waals surface area contributed by atoms with Crippen LogP contribution < -0.4 is 5.32 Å². The van der Waals surface area contributed by atoms with Gasteiger partial charge in [-0.05, 0) is 16.7 Å². The number of nitrogens with one attached hydrogen (secondary N) is 1. The van der Waals surface area contributed by atoms with Crippen LogP contribution in [0.4, 0.5) is 0 Å². The summed E-state index contributed by atoms with van der Waals surface area (Å²) in [6.07, 6.45) is -1.81. The number of hydrogen-bond acceptors (Lipinski definition) is 6. The van der Waals surface area contributed by atoms with Crippen LogP contribution in [0.3, 0.4) is 0 Å². The lowest BCUT2D eigenvalue weighted by atomic mass is 10.0. The van der Waals surface area contributed by atoms with Gasteiger partial charge in [0, 0.05) is 0 Å². The summed E-state index contributed by atoms with van der Waals surface area (Å²) in [6, 6.07) is 29.2. The van der Waals surface area contributed by atoms with Gasteiger partial charge in [-0.3, -0.25) is 0 Å². The van der Waals surface area contributed by atoms with Crippen LogP contribution in [0.25, 0.3) is 0 Å². The maximum Gasteiger partial charge on any atom is 0.104 e. The molecule has 1 unspecified atom stereocenters. The van der Waals surface area contributed by atoms with Gasteiger partial charge < -0.3 is 29.7 Å². The van der Waals surface area contributed by atoms with Crippen molar-refractivity contribution in [2.45, 2.75) is 50.2 Å². The molecular formula is C28H33NO5. The van der Waals surface area contributed by atoms with E-state index in [0.717, 1.165) is 16.7 Å². The normalized spacial score (nSPS) is 23.1. The van der Waals surface area contributed by atoms with E-state index in [4.69, 9.17) is 14.2 Å². The van der Waals surface area contributed by atoms with Crippen LogP contribution >= 0.6 is 0 Å². The molecule has 180 valence electrons. The van der Waals surface area contributed by atoms with Crippen LogP contribution in [-0.4, -0.2) is 53.8 Å². The van der Waals surface area contributed by atoms with E-state index >= 15 is 0 Å². The molecule has 0 amide bonds. The zero-order valence-electron chi connectivity index (χ0n) is 19.2. The smallest absolute Gasteiger partial charge is 0.104 e. The van der Waals surface area contributed by atoms with Gasteiger partial charge in [-0.2, -0.15) is 0 Å². The van der Waals surface area contributed by atoms with E-state index in [9.17, 15) is 10.2 Å². The topological polar surface area (TPSA) is 80.2 Å². The molecule has 0 bridgehead atoms. The summed E-state index contributed by atoms with van der Waals surface area (Å²) >= 11 is 0. The SMILES string of the molecule is OCC(O)[C@H]1N[C@H](COCc2ccccc2)[C@@H](OCc2ccccc2)[C@@H]1OCc1ccccc1. The first-order valence-electron chi connectivity index (χ1n) is 11.7. The molecule has 4 rings (SSSR count). The first-order chi connectivity index (χ1) is 16.7. The van der Waals surface area contributed by atoms with Gasteiger partial charge in [-0.25, -0.2) is 0 Å². The summed E-state index contributed by atoms with van der Waals surface area (Å²) in [4.78, 5) is 0. The number of aliphatic hydroxyl groups excluding tert-OH is 2. The third kappa shape index (κ3) is 6.73. The standard InChI is InChI=1S/C28H33NO5/c30-16-25(31)26-28(34-19-23-14-8-3-9-15-23)27(33-18-22-12-6-2-7-13-22)24(29-26)20-32-17-21-10-4-1-5-11-21/h1-15,24-31H,16-20H2/t24-,25?,26-,27-,28-/m1/s1. The minimum absolute atomic E-state index is 0.209. The van der Waals surface area contributed by atoms with E-state index < -0.39 is 18.2 Å². The Bertz CT molecular complexity index is 956. The van der Waals surface area contributed by atoms with Crippen molar-refractivity contribution in [2.75, 3.05) is 13.2 Å². The zero-order valence-corrected chi connectivity index (χ0v) is 19.2. The summed E-state index contributed by atoms with van der Waals surface area (Å²) in [5, 5.41) is 23.7. The molecular weight excluding hydrogens is 430 g/mol. The molecule has 6 heteroatoms. The van der Waals surface area contributed by atoms with Gasteiger partial charge >= 0.3 is 0 Å². The number of benzene rings is 3. The lowest BCUT2D eigenvalue weighted by molar-refractivity contribution is -0.0976. The lowest BCUT2D eigenvalue weighted by Gasteiger charge is -2.27. The molecule has 0 spiro atoms. The Balaban J connectivity index is 1.48. The maximum absolute atomic E-state index is 10.6. The number of ether oxygens (including phenoxy) is 3. The fourth-order valence-electron chi connectivity index (χ4n) is 4.28. The predicted octanol–water partition coefficient (Wildman–Crippen LogP) is 3.07. The van der Waals surface area contributed by atoms with Crippen molar-refractivity contribution >= 4 is 0 Å². The Morgan fingerprint density at radius 1 is 0.676 bits per heavy atom. The van der Waals surface area contributed by atoms with Crippen LogP contribution in [0, 0.1) is 0 Å². The zero-order chi connectivity index (χ0) is 23.6. The highest BCUT2D eigenvalue weighted by Crippen LogP contribution is 2.26. The fraction of sp³-hybridized carbons (Fsp3) is 0.357. The van der Waals surface area contributed by atoms with Gasteiger partial charge in [0.1, 0.15) is 12.2 Å². The average Bonchev–Trinajstić information content (AvgIpc) is 3.24. The quantitative estimate of drug-likeness (QED) is 0.383. The highest BCUT2D eigenvalue weighted by molar-refractivity contribution is 5.16. The van der Waals surface area contributed by atoms with E-state index in [-0.39, 0.29) is 18.8 Å². The molecule has 0 aromatic heterocycles. The predicted molar refractivity (Wildman–Crippen MR) is 130 cm³/mol. The third-order valence-corrected chi connectivity index (χ3v) is 6.06. The van der Waals surface area contributed by atoms with Crippen LogP contribution in [0.1, 0.15) is 16.7 Å². The molecule has 1 saturated heterocycles. The van der Waals surface area contributed by atoms with E-state index in [1.54, 1.807) is 0 Å². The molecule has 3 aromatic carbocycles. The third-order valence-electron chi connectivity index (χ3n) is 6.06. The maximum atomic E-state index is 10.6. The van der Waals surface area contributed by atoms with E-state index in [1.807, 2.05) is 91.0 Å². The number of hydrogen-bond donors (Lipinski definition) is 3. The molecule has 3 aromatic rings. The Kier molecular flexibility index (Phi) is 9.21. The molecule has 1 fully saturated rings. The Hall–Kier alpha value is -2.58. The second-order valence-electron chi connectivity index (χ2n) is 8.57. The molecule has 0 aliphatic carbocycles.